The van der Waals surface area contributed by atoms with E-state index in [1.54, 1.807) is 46.9 Å². The lowest BCUT2D eigenvalue weighted by atomic mass is 9.88. The zero-order valence-corrected chi connectivity index (χ0v) is 24.4. The summed E-state index contributed by atoms with van der Waals surface area (Å²) in [6.07, 6.45) is -2.51. The second-order valence-electron chi connectivity index (χ2n) is 11.9. The standard InChI is InChI=1S/C37H30F2N3O/c1-21-14-15-26-33-28(39)16-22(19-40)34(42-29-12-8-6-10-24(29)25-11-7-9-13-30(25)42)36(33)43-35(26)32(21)31-17-27(38)23(20-41(31)5)18-37(2,3)4/h6-17,20H,18H2,1-5H3/q+1/i16D,18D2,20D. The van der Waals surface area contributed by atoms with Crippen LogP contribution in [0.1, 0.15) is 42.9 Å². The van der Waals surface area contributed by atoms with Crippen LogP contribution in [0.25, 0.3) is 60.7 Å². The molecule has 3 aromatic heterocycles. The van der Waals surface area contributed by atoms with Crippen molar-refractivity contribution >= 4 is 43.7 Å². The highest BCUT2D eigenvalue weighted by atomic mass is 19.1. The quantitative estimate of drug-likeness (QED) is 0.198. The summed E-state index contributed by atoms with van der Waals surface area (Å²) >= 11 is 0. The van der Waals surface area contributed by atoms with Crippen LogP contribution in [0.3, 0.4) is 0 Å². The third-order valence-electron chi connectivity index (χ3n) is 7.79. The molecule has 0 aliphatic carbocycles. The highest BCUT2D eigenvalue weighted by molar-refractivity contribution is 6.15. The van der Waals surface area contributed by atoms with Crippen LogP contribution in [0, 0.1) is 35.3 Å². The molecule has 43 heavy (non-hydrogen) atoms. The fourth-order valence-electron chi connectivity index (χ4n) is 6.04. The van der Waals surface area contributed by atoms with Crippen LogP contribution < -0.4 is 4.57 Å². The second-order valence-corrected chi connectivity index (χ2v) is 11.9. The van der Waals surface area contributed by atoms with E-state index >= 15 is 8.78 Å². The molecule has 0 atom stereocenters. The van der Waals surface area contributed by atoms with Gasteiger partial charge in [0.25, 0.3) is 0 Å². The van der Waals surface area contributed by atoms with Gasteiger partial charge in [-0.25, -0.2) is 13.3 Å². The molecule has 4 nitrogen and oxygen atoms in total. The number of hydrogen-bond donors (Lipinski definition) is 0. The predicted octanol–water partition coefficient (Wildman–Crippen LogP) is 9.22. The minimum atomic E-state index is -2.16. The van der Waals surface area contributed by atoms with Gasteiger partial charge < -0.3 is 8.98 Å². The Bertz CT molecular complexity index is 2470. The molecule has 0 saturated heterocycles. The van der Waals surface area contributed by atoms with E-state index in [-0.39, 0.29) is 45.2 Å². The molecule has 0 bridgehead atoms. The van der Waals surface area contributed by atoms with Crippen molar-refractivity contribution in [2.75, 3.05) is 0 Å². The van der Waals surface area contributed by atoms with E-state index in [1.807, 2.05) is 53.1 Å². The van der Waals surface area contributed by atoms with E-state index in [0.717, 1.165) is 21.8 Å². The van der Waals surface area contributed by atoms with Gasteiger partial charge in [-0.15, -0.1) is 0 Å². The summed E-state index contributed by atoms with van der Waals surface area (Å²) in [7, 11) is 1.56. The molecular formula is C37H30F2N3O+. The van der Waals surface area contributed by atoms with Gasteiger partial charge in [0, 0.05) is 25.0 Å². The van der Waals surface area contributed by atoms with Gasteiger partial charge in [0.05, 0.1) is 34.5 Å². The molecule has 0 amide bonds. The molecule has 7 rings (SSSR count). The van der Waals surface area contributed by atoms with Crippen LogP contribution in [0.4, 0.5) is 8.78 Å². The topological polar surface area (TPSA) is 45.7 Å². The largest absolute Gasteiger partial charge is 0.453 e. The zero-order chi connectivity index (χ0) is 33.7. The Morgan fingerprint density at radius 3 is 2.23 bits per heavy atom. The number of aromatic nitrogens is 2. The van der Waals surface area contributed by atoms with Crippen molar-refractivity contribution in [2.24, 2.45) is 12.5 Å². The number of benzene rings is 4. The molecule has 212 valence electrons. The Labute approximate surface area is 253 Å². The van der Waals surface area contributed by atoms with Gasteiger partial charge in [0.1, 0.15) is 37.4 Å². The average molecular weight is 575 g/mol. The number of halogens is 2. The van der Waals surface area contributed by atoms with Gasteiger partial charge in [0.15, 0.2) is 11.8 Å². The molecule has 0 aliphatic rings. The average Bonchev–Trinajstić information content (AvgIpc) is 3.57. The third-order valence-corrected chi connectivity index (χ3v) is 7.79. The van der Waals surface area contributed by atoms with Crippen LogP contribution in [0.15, 0.2) is 83.4 Å². The number of para-hydroxylation sites is 2. The molecule has 0 saturated carbocycles. The van der Waals surface area contributed by atoms with Gasteiger partial charge >= 0.3 is 0 Å². The van der Waals surface area contributed by atoms with Crippen LogP contribution in [-0.2, 0) is 13.4 Å². The minimum Gasteiger partial charge on any atom is -0.453 e. The van der Waals surface area contributed by atoms with Gasteiger partial charge in [-0.3, -0.25) is 0 Å². The van der Waals surface area contributed by atoms with E-state index in [2.05, 4.69) is 6.07 Å². The Balaban J connectivity index is 1.63. The number of rotatable bonds is 3. The van der Waals surface area contributed by atoms with Gasteiger partial charge in [0.2, 0.25) is 5.69 Å². The van der Waals surface area contributed by atoms with E-state index in [9.17, 15) is 5.26 Å². The second kappa shape index (κ2) is 9.50. The number of hydrogen-bond acceptors (Lipinski definition) is 2. The summed E-state index contributed by atoms with van der Waals surface area (Å²) < 4.78 is 77.0. The molecule has 0 N–H and O–H groups in total. The number of pyridine rings is 1. The number of aryl methyl sites for hydroxylation is 1. The number of nitrogens with zero attached hydrogens (tertiary/aromatic N) is 3. The first-order valence-corrected chi connectivity index (χ1v) is 14.0. The molecule has 3 heterocycles. The normalized spacial score (nSPS) is 13.8. The number of nitriles is 1. The van der Waals surface area contributed by atoms with Crippen LogP contribution in [0.2, 0.25) is 0 Å². The highest BCUT2D eigenvalue weighted by Gasteiger charge is 2.28. The molecule has 6 heteroatoms. The van der Waals surface area contributed by atoms with E-state index in [1.165, 1.54) is 10.6 Å². The van der Waals surface area contributed by atoms with Gasteiger partial charge in [-0.1, -0.05) is 69.3 Å². The van der Waals surface area contributed by atoms with E-state index in [4.69, 9.17) is 9.90 Å². The summed E-state index contributed by atoms with van der Waals surface area (Å²) in [5, 5.41) is 12.5. The lowest BCUT2D eigenvalue weighted by molar-refractivity contribution is -0.661. The smallest absolute Gasteiger partial charge is 0.219 e. The maximum absolute atomic E-state index is 16.3. The van der Waals surface area contributed by atoms with Crippen LogP contribution >= 0.6 is 0 Å². The molecule has 0 unspecified atom stereocenters. The van der Waals surface area contributed by atoms with Crippen molar-refractivity contribution < 1.29 is 23.2 Å². The molecule has 4 aromatic carbocycles. The van der Waals surface area contributed by atoms with Crippen LogP contribution in [0.5, 0.6) is 0 Å². The monoisotopic (exact) mass is 574 g/mol. The molecule has 0 fully saturated rings. The fraction of sp³-hybridized carbons (Fsp3) is 0.189. The van der Waals surface area contributed by atoms with Gasteiger partial charge in [-0.2, -0.15) is 5.26 Å². The van der Waals surface area contributed by atoms with Gasteiger partial charge in [-0.05, 0) is 42.5 Å². The van der Waals surface area contributed by atoms with E-state index < -0.39 is 29.5 Å². The lowest BCUT2D eigenvalue weighted by Gasteiger charge is -2.18. The first-order valence-electron chi connectivity index (χ1n) is 16.0. The van der Waals surface area contributed by atoms with Crippen molar-refractivity contribution in [1.82, 2.24) is 4.57 Å². The summed E-state index contributed by atoms with van der Waals surface area (Å²) in [5.74, 6) is -1.80. The summed E-state index contributed by atoms with van der Waals surface area (Å²) in [6.45, 7) is 6.74. The molecule has 7 aromatic rings. The minimum absolute atomic E-state index is 0.0111. The SMILES string of the molecule is [2H]c1c(C#N)c(-n2c3ccccc3c3ccccc32)c2oc3c(-c4cc(F)c(C([2H])([2H])C(C)(C)C)c([2H])[n+]4C)c(C)ccc3c2c1F. The Hall–Kier alpha value is -5.02. The van der Waals surface area contributed by atoms with Crippen molar-refractivity contribution in [3.63, 3.8) is 0 Å². The Kier molecular flexibility index (Phi) is 4.99. The van der Waals surface area contributed by atoms with Crippen molar-refractivity contribution in [1.29, 1.82) is 5.26 Å². The maximum atomic E-state index is 16.3. The molecular weight excluding hydrogens is 540 g/mol. The first kappa shape index (κ1) is 22.6. The lowest BCUT2D eigenvalue weighted by Crippen LogP contribution is -2.33. The summed E-state index contributed by atoms with van der Waals surface area (Å²) in [4.78, 5) is 0. The van der Waals surface area contributed by atoms with Crippen molar-refractivity contribution in [2.45, 2.75) is 34.1 Å². The Morgan fingerprint density at radius 2 is 1.60 bits per heavy atom. The number of fused-ring (bicyclic) bond motifs is 6. The first-order chi connectivity index (χ1) is 22.2. The third kappa shape index (κ3) is 4.11. The highest BCUT2D eigenvalue weighted by Crippen LogP contribution is 2.43. The fourth-order valence-corrected chi connectivity index (χ4v) is 6.04. The van der Waals surface area contributed by atoms with E-state index in [0.29, 0.717) is 16.5 Å². The number of furan rings is 1. The molecule has 0 radical (unpaired) electrons. The molecule has 0 spiro atoms. The van der Waals surface area contributed by atoms with Crippen LogP contribution in [-0.4, -0.2) is 4.57 Å². The molecule has 0 aliphatic heterocycles. The van der Waals surface area contributed by atoms with Crippen molar-refractivity contribution in [3.05, 3.63) is 107 Å². The Morgan fingerprint density at radius 1 is 0.953 bits per heavy atom. The maximum Gasteiger partial charge on any atom is 0.219 e. The predicted molar refractivity (Wildman–Crippen MR) is 167 cm³/mol. The summed E-state index contributed by atoms with van der Waals surface area (Å²) in [6, 6.07) is 21.3. The summed E-state index contributed by atoms with van der Waals surface area (Å²) in [5.41, 5.74) is 1.65. The zero-order valence-electron chi connectivity index (χ0n) is 28.4. The van der Waals surface area contributed by atoms with Crippen molar-refractivity contribution in [3.8, 4) is 23.0 Å².